The van der Waals surface area contributed by atoms with Gasteiger partial charge in [-0.1, -0.05) is 0 Å². The summed E-state index contributed by atoms with van der Waals surface area (Å²) >= 11 is 5.69. The van der Waals surface area contributed by atoms with Crippen molar-refractivity contribution in [3.05, 3.63) is 26.2 Å². The van der Waals surface area contributed by atoms with Crippen molar-refractivity contribution < 1.29 is 4.39 Å². The lowest BCUT2D eigenvalue weighted by Crippen LogP contribution is -2.02. The van der Waals surface area contributed by atoms with Gasteiger partial charge in [0.2, 0.25) is 0 Å². The van der Waals surface area contributed by atoms with Gasteiger partial charge >= 0.3 is 0 Å². The molecule has 0 aliphatic carbocycles. The molecule has 1 rings (SSSR count). The van der Waals surface area contributed by atoms with Crippen LogP contribution < -0.4 is 5.32 Å². The fourth-order valence-corrected chi connectivity index (χ4v) is 2.36. The molecule has 1 aromatic rings. The number of hydrogen-bond acceptors (Lipinski definition) is 1. The Morgan fingerprint density at radius 1 is 1.46 bits per heavy atom. The molecule has 1 aromatic carbocycles. The largest absolute Gasteiger partial charge is 0.384 e. The van der Waals surface area contributed by atoms with E-state index in [0.29, 0.717) is 13.0 Å². The molecule has 1 nitrogen and oxygen atoms in total. The van der Waals surface area contributed by atoms with Gasteiger partial charge in [-0.3, -0.25) is 4.39 Å². The summed E-state index contributed by atoms with van der Waals surface area (Å²) in [5.74, 6) is 0. The molecule has 0 saturated heterocycles. The molecule has 0 amide bonds. The summed E-state index contributed by atoms with van der Waals surface area (Å²) in [6.07, 6.45) is 0.554. The van der Waals surface area contributed by atoms with E-state index in [2.05, 4.69) is 43.8 Å². The number of hydrogen-bond donors (Lipinski definition) is 1. The Morgan fingerprint density at radius 2 is 2.23 bits per heavy atom. The van der Waals surface area contributed by atoms with Gasteiger partial charge in [0.25, 0.3) is 0 Å². The van der Waals surface area contributed by atoms with Crippen molar-refractivity contribution in [3.8, 4) is 0 Å². The van der Waals surface area contributed by atoms with Crippen LogP contribution in [0.5, 0.6) is 0 Å². The molecule has 1 N–H and O–H groups in total. The van der Waals surface area contributed by atoms with Crippen LogP contribution in [0.3, 0.4) is 0 Å². The number of nitrogens with one attached hydrogen (secondary N) is 1. The highest BCUT2D eigenvalue weighted by molar-refractivity contribution is 14.1. The van der Waals surface area contributed by atoms with Gasteiger partial charge in [0, 0.05) is 20.3 Å². The first-order chi connectivity index (χ1) is 6.24. The molecule has 0 aromatic heterocycles. The normalized spacial score (nSPS) is 10.1. The summed E-state index contributed by atoms with van der Waals surface area (Å²) in [6, 6.07) is 6.03. The van der Waals surface area contributed by atoms with E-state index in [1.807, 2.05) is 18.2 Å². The Hall–Kier alpha value is 0.160. The van der Waals surface area contributed by atoms with Gasteiger partial charge in [0.1, 0.15) is 0 Å². The van der Waals surface area contributed by atoms with Gasteiger partial charge in [-0.05, 0) is 63.1 Å². The average Bonchev–Trinajstić information content (AvgIpc) is 2.09. The number of alkyl halides is 1. The molecule has 0 bridgehead atoms. The van der Waals surface area contributed by atoms with Crippen molar-refractivity contribution in [2.75, 3.05) is 18.5 Å². The van der Waals surface area contributed by atoms with Crippen LogP contribution in [0.25, 0.3) is 0 Å². The number of halogens is 3. The molecule has 0 spiro atoms. The number of anilines is 1. The lowest BCUT2D eigenvalue weighted by atomic mass is 10.3. The minimum absolute atomic E-state index is 0.269. The van der Waals surface area contributed by atoms with Crippen LogP contribution in [0, 0.1) is 3.57 Å². The molecule has 72 valence electrons. The second kappa shape index (κ2) is 5.80. The predicted molar refractivity (Wildman–Crippen MR) is 65.9 cm³/mol. The number of benzene rings is 1. The third-order valence-corrected chi connectivity index (χ3v) is 2.88. The summed E-state index contributed by atoms with van der Waals surface area (Å²) in [6.45, 7) is 0.407. The second-order valence-electron chi connectivity index (χ2n) is 2.59. The second-order valence-corrected chi connectivity index (χ2v) is 4.69. The van der Waals surface area contributed by atoms with Crippen LogP contribution in [0.15, 0.2) is 22.7 Å². The van der Waals surface area contributed by atoms with Gasteiger partial charge in [-0.2, -0.15) is 0 Å². The fraction of sp³-hybridized carbons (Fsp3) is 0.333. The molecular weight excluding hydrogens is 348 g/mol. The Morgan fingerprint density at radius 3 is 2.85 bits per heavy atom. The van der Waals surface area contributed by atoms with Crippen molar-refractivity contribution in [2.45, 2.75) is 6.42 Å². The molecule has 0 heterocycles. The third-order valence-electron chi connectivity index (χ3n) is 1.56. The summed E-state index contributed by atoms with van der Waals surface area (Å²) < 4.78 is 14.0. The highest BCUT2D eigenvalue weighted by Crippen LogP contribution is 2.24. The zero-order valence-corrected chi connectivity index (χ0v) is 10.7. The van der Waals surface area contributed by atoms with E-state index in [1.165, 1.54) is 3.57 Å². The van der Waals surface area contributed by atoms with Gasteiger partial charge < -0.3 is 5.32 Å². The first-order valence-electron chi connectivity index (χ1n) is 3.99. The van der Waals surface area contributed by atoms with Crippen LogP contribution in [0.4, 0.5) is 10.1 Å². The Kier molecular flexibility index (Phi) is 5.01. The van der Waals surface area contributed by atoms with Crippen molar-refractivity contribution in [2.24, 2.45) is 0 Å². The Balaban J connectivity index is 2.56. The summed E-state index contributed by atoms with van der Waals surface area (Å²) in [4.78, 5) is 0. The number of rotatable bonds is 4. The fourth-order valence-electron chi connectivity index (χ4n) is 0.923. The van der Waals surface area contributed by atoms with Crippen LogP contribution in [0.2, 0.25) is 0 Å². The molecule has 13 heavy (non-hydrogen) atoms. The predicted octanol–water partition coefficient (Wildman–Crippen LogP) is 3.83. The maximum atomic E-state index is 11.8. The van der Waals surface area contributed by atoms with E-state index in [-0.39, 0.29) is 6.67 Å². The van der Waals surface area contributed by atoms with Gasteiger partial charge in [0.15, 0.2) is 0 Å². The van der Waals surface area contributed by atoms with Crippen LogP contribution in [-0.4, -0.2) is 13.2 Å². The highest BCUT2D eigenvalue weighted by atomic mass is 127. The van der Waals surface area contributed by atoms with Gasteiger partial charge in [-0.15, -0.1) is 0 Å². The van der Waals surface area contributed by atoms with E-state index in [0.717, 1.165) is 10.2 Å². The van der Waals surface area contributed by atoms with Crippen molar-refractivity contribution >= 4 is 44.2 Å². The molecule has 0 aliphatic heterocycles. The van der Waals surface area contributed by atoms with Crippen molar-refractivity contribution in [3.63, 3.8) is 0 Å². The molecule has 4 heteroatoms. The van der Waals surface area contributed by atoms with Crippen molar-refractivity contribution in [1.29, 1.82) is 0 Å². The van der Waals surface area contributed by atoms with E-state index in [9.17, 15) is 4.39 Å². The monoisotopic (exact) mass is 357 g/mol. The summed E-state index contributed by atoms with van der Waals surface area (Å²) in [5, 5.41) is 3.15. The van der Waals surface area contributed by atoms with E-state index >= 15 is 0 Å². The molecule has 0 aliphatic rings. The minimum Gasteiger partial charge on any atom is -0.384 e. The molecule has 0 fully saturated rings. The minimum atomic E-state index is -0.269. The van der Waals surface area contributed by atoms with E-state index in [4.69, 9.17) is 0 Å². The van der Waals surface area contributed by atoms with Gasteiger partial charge in [0.05, 0.1) is 6.67 Å². The van der Waals surface area contributed by atoms with Crippen LogP contribution in [-0.2, 0) is 0 Å². The average molecular weight is 358 g/mol. The summed E-state index contributed by atoms with van der Waals surface area (Å²) in [5.41, 5.74) is 1.02. The highest BCUT2D eigenvalue weighted by Gasteiger charge is 1.98. The van der Waals surface area contributed by atoms with E-state index in [1.54, 1.807) is 0 Å². The lowest BCUT2D eigenvalue weighted by molar-refractivity contribution is 0.481. The Labute approximate surface area is 99.4 Å². The standard InChI is InChI=1S/C9H10BrFIN/c10-8-6-7(12)2-3-9(8)13-5-1-4-11/h2-3,6,13H,1,4-5H2. The lowest BCUT2D eigenvalue weighted by Gasteiger charge is -2.07. The maximum Gasteiger partial charge on any atom is 0.0911 e. The van der Waals surface area contributed by atoms with Crippen molar-refractivity contribution in [1.82, 2.24) is 0 Å². The first-order valence-corrected chi connectivity index (χ1v) is 5.86. The smallest absolute Gasteiger partial charge is 0.0911 e. The molecule has 0 saturated carbocycles. The molecular formula is C9H10BrFIN. The van der Waals surface area contributed by atoms with Crippen LogP contribution in [0.1, 0.15) is 6.42 Å². The molecule has 0 radical (unpaired) electrons. The SMILES string of the molecule is FCCCNc1ccc(I)cc1Br. The molecule has 0 unspecified atom stereocenters. The summed E-state index contributed by atoms with van der Waals surface area (Å²) in [7, 11) is 0. The topological polar surface area (TPSA) is 12.0 Å². The quantitative estimate of drug-likeness (QED) is 0.638. The van der Waals surface area contributed by atoms with Crippen LogP contribution >= 0.6 is 38.5 Å². The zero-order chi connectivity index (χ0) is 9.68. The first kappa shape index (κ1) is 11.2. The molecule has 0 atom stereocenters. The maximum absolute atomic E-state index is 11.8. The van der Waals surface area contributed by atoms with E-state index < -0.39 is 0 Å². The zero-order valence-electron chi connectivity index (χ0n) is 6.99. The third kappa shape index (κ3) is 3.81. The van der Waals surface area contributed by atoms with Gasteiger partial charge in [-0.25, -0.2) is 0 Å². The Bertz CT molecular complexity index is 280.